The Bertz CT molecular complexity index is 479. The molecule has 0 unspecified atom stereocenters. The Morgan fingerprint density at radius 2 is 1.52 bits per heavy atom. The van der Waals surface area contributed by atoms with Crippen molar-refractivity contribution < 1.29 is 9.47 Å². The first-order valence-corrected chi connectivity index (χ1v) is 10.6. The van der Waals surface area contributed by atoms with Crippen molar-refractivity contribution >= 4 is 0 Å². The Kier molecular flexibility index (Phi) is 7.36. The summed E-state index contributed by atoms with van der Waals surface area (Å²) in [5.41, 5.74) is 2.80. The monoisotopic (exact) mass is 344 g/mol. The molecule has 0 radical (unpaired) electrons. The molecule has 140 valence electrons. The minimum Gasteiger partial charge on any atom is -0.373 e. The molecule has 3 rings (SSSR count). The van der Waals surface area contributed by atoms with Gasteiger partial charge < -0.3 is 9.47 Å². The highest BCUT2D eigenvalue weighted by atomic mass is 16.6. The van der Waals surface area contributed by atoms with Crippen molar-refractivity contribution in [3.63, 3.8) is 0 Å². The van der Waals surface area contributed by atoms with E-state index in [4.69, 9.17) is 9.47 Å². The molecule has 2 aliphatic rings. The van der Waals surface area contributed by atoms with Crippen LogP contribution in [0.1, 0.15) is 94.8 Å². The van der Waals surface area contributed by atoms with Crippen molar-refractivity contribution in [2.75, 3.05) is 13.2 Å². The summed E-state index contributed by atoms with van der Waals surface area (Å²) in [4.78, 5) is 0. The summed E-state index contributed by atoms with van der Waals surface area (Å²) in [6.07, 6.45) is 12.5. The summed E-state index contributed by atoms with van der Waals surface area (Å²) in [5, 5.41) is 0. The van der Waals surface area contributed by atoms with Crippen molar-refractivity contribution in [3.05, 3.63) is 35.4 Å². The van der Waals surface area contributed by atoms with Crippen LogP contribution in [0.4, 0.5) is 0 Å². The molecule has 0 spiro atoms. The summed E-state index contributed by atoms with van der Waals surface area (Å²) < 4.78 is 12.0. The van der Waals surface area contributed by atoms with E-state index in [0.29, 0.717) is 12.7 Å². The first kappa shape index (κ1) is 18.9. The minimum atomic E-state index is 0.118. The van der Waals surface area contributed by atoms with Gasteiger partial charge in [-0.2, -0.15) is 0 Å². The van der Waals surface area contributed by atoms with Crippen LogP contribution in [0, 0.1) is 5.92 Å². The molecule has 0 bridgehead atoms. The molecule has 1 saturated carbocycles. The smallest absolute Gasteiger partial charge is 0.106 e. The van der Waals surface area contributed by atoms with Crippen LogP contribution in [-0.2, 0) is 9.47 Å². The van der Waals surface area contributed by atoms with E-state index in [1.54, 1.807) is 0 Å². The van der Waals surface area contributed by atoms with Crippen LogP contribution in [0.5, 0.6) is 0 Å². The highest BCUT2D eigenvalue weighted by molar-refractivity contribution is 5.27. The number of rotatable bonds is 7. The van der Waals surface area contributed by atoms with Gasteiger partial charge in [-0.05, 0) is 55.1 Å². The molecule has 1 heterocycles. The normalized spacial score (nSPS) is 30.3. The van der Waals surface area contributed by atoms with Crippen LogP contribution in [0.25, 0.3) is 0 Å². The van der Waals surface area contributed by atoms with Gasteiger partial charge in [-0.25, -0.2) is 0 Å². The first-order valence-electron chi connectivity index (χ1n) is 10.6. The summed E-state index contributed by atoms with van der Waals surface area (Å²) in [7, 11) is 0. The predicted octanol–water partition coefficient (Wildman–Crippen LogP) is 6.41. The lowest BCUT2D eigenvalue weighted by Crippen LogP contribution is -2.30. The van der Waals surface area contributed by atoms with Gasteiger partial charge in [-0.1, -0.05) is 63.8 Å². The Hall–Kier alpha value is -0.860. The Balaban J connectivity index is 1.48. The second-order valence-electron chi connectivity index (χ2n) is 8.09. The van der Waals surface area contributed by atoms with Gasteiger partial charge in [-0.3, -0.25) is 0 Å². The molecule has 2 fully saturated rings. The average Bonchev–Trinajstić information content (AvgIpc) is 2.68. The van der Waals surface area contributed by atoms with Gasteiger partial charge in [0.25, 0.3) is 0 Å². The topological polar surface area (TPSA) is 18.5 Å². The lowest BCUT2D eigenvalue weighted by atomic mass is 9.77. The van der Waals surface area contributed by atoms with Gasteiger partial charge in [0.05, 0.1) is 19.3 Å². The van der Waals surface area contributed by atoms with Gasteiger partial charge in [0.1, 0.15) is 6.10 Å². The Morgan fingerprint density at radius 3 is 2.12 bits per heavy atom. The molecule has 0 amide bonds. The van der Waals surface area contributed by atoms with E-state index in [1.807, 2.05) is 0 Å². The third kappa shape index (κ3) is 5.31. The third-order valence-corrected chi connectivity index (χ3v) is 6.17. The summed E-state index contributed by atoms with van der Waals surface area (Å²) in [5.74, 6) is 1.75. The third-order valence-electron chi connectivity index (χ3n) is 6.17. The quantitative estimate of drug-likeness (QED) is 0.569. The lowest BCUT2D eigenvalue weighted by molar-refractivity contribution is -0.137. The van der Waals surface area contributed by atoms with E-state index >= 15 is 0 Å². The van der Waals surface area contributed by atoms with Crippen LogP contribution in [0.3, 0.4) is 0 Å². The lowest BCUT2D eigenvalue weighted by Gasteiger charge is -2.31. The fourth-order valence-corrected chi connectivity index (χ4v) is 4.48. The summed E-state index contributed by atoms with van der Waals surface area (Å²) in [6, 6.07) is 9.22. The maximum atomic E-state index is 6.04. The fraction of sp³-hybridized carbons (Fsp3) is 0.739. The molecule has 1 aliphatic carbocycles. The molecule has 0 aromatic heterocycles. The number of benzene rings is 1. The van der Waals surface area contributed by atoms with Gasteiger partial charge in [0.15, 0.2) is 0 Å². The Labute approximate surface area is 154 Å². The van der Waals surface area contributed by atoms with Gasteiger partial charge >= 0.3 is 0 Å². The predicted molar refractivity (Wildman–Crippen MR) is 104 cm³/mol. The molecule has 2 nitrogen and oxygen atoms in total. The van der Waals surface area contributed by atoms with E-state index in [2.05, 4.69) is 38.1 Å². The highest BCUT2D eigenvalue weighted by Crippen LogP contribution is 2.38. The average molecular weight is 345 g/mol. The SMILES string of the molecule is CCCC[C@H]1CC[C@H](c2ccc([C@@H]3CO[C@@H](CCC)CO3)cc2)CC1. The second-order valence-corrected chi connectivity index (χ2v) is 8.09. The number of hydrogen-bond acceptors (Lipinski definition) is 2. The zero-order valence-electron chi connectivity index (χ0n) is 16.2. The standard InChI is InChI=1S/C23H36O2/c1-3-5-7-18-8-10-19(11-9-18)20-12-14-21(15-13-20)23-17-24-22(6-4-2)16-25-23/h12-15,18-19,22-23H,3-11,16-17H2,1-2H3/t18-,19-,22-,23-/m0/s1. The maximum absolute atomic E-state index is 6.04. The van der Waals surface area contributed by atoms with Gasteiger partial charge in [0.2, 0.25) is 0 Å². The van der Waals surface area contributed by atoms with E-state index in [9.17, 15) is 0 Å². The van der Waals surface area contributed by atoms with Crippen LogP contribution < -0.4 is 0 Å². The second kappa shape index (κ2) is 9.73. The van der Waals surface area contributed by atoms with E-state index in [-0.39, 0.29) is 6.10 Å². The van der Waals surface area contributed by atoms with E-state index < -0.39 is 0 Å². The van der Waals surface area contributed by atoms with Crippen LogP contribution in [0.2, 0.25) is 0 Å². The Morgan fingerprint density at radius 1 is 0.800 bits per heavy atom. The molecular weight excluding hydrogens is 308 g/mol. The molecule has 0 N–H and O–H groups in total. The molecule has 1 aliphatic heterocycles. The zero-order chi connectivity index (χ0) is 17.5. The van der Waals surface area contributed by atoms with E-state index in [0.717, 1.165) is 31.3 Å². The molecule has 25 heavy (non-hydrogen) atoms. The molecule has 2 atom stereocenters. The first-order chi connectivity index (χ1) is 12.3. The van der Waals surface area contributed by atoms with Crippen molar-refractivity contribution in [2.24, 2.45) is 5.92 Å². The highest BCUT2D eigenvalue weighted by Gasteiger charge is 2.24. The van der Waals surface area contributed by atoms with Crippen molar-refractivity contribution in [1.29, 1.82) is 0 Å². The summed E-state index contributed by atoms with van der Waals surface area (Å²) >= 11 is 0. The number of unbranched alkanes of at least 4 members (excludes halogenated alkanes) is 1. The maximum Gasteiger partial charge on any atom is 0.106 e. The molecule has 2 heteroatoms. The van der Waals surface area contributed by atoms with Crippen LogP contribution in [0.15, 0.2) is 24.3 Å². The molecule has 1 aromatic carbocycles. The number of hydrogen-bond donors (Lipinski definition) is 0. The zero-order valence-corrected chi connectivity index (χ0v) is 16.2. The summed E-state index contributed by atoms with van der Waals surface area (Å²) in [6.45, 7) is 5.94. The van der Waals surface area contributed by atoms with Gasteiger partial charge in [0, 0.05) is 0 Å². The van der Waals surface area contributed by atoms with Crippen LogP contribution in [-0.4, -0.2) is 19.3 Å². The van der Waals surface area contributed by atoms with Crippen molar-refractivity contribution in [2.45, 2.75) is 89.8 Å². The fourth-order valence-electron chi connectivity index (χ4n) is 4.48. The van der Waals surface area contributed by atoms with Crippen molar-refractivity contribution in [3.8, 4) is 0 Å². The minimum absolute atomic E-state index is 0.118. The van der Waals surface area contributed by atoms with Crippen LogP contribution >= 0.6 is 0 Å². The van der Waals surface area contributed by atoms with Gasteiger partial charge in [-0.15, -0.1) is 0 Å². The molecule has 1 saturated heterocycles. The largest absolute Gasteiger partial charge is 0.373 e. The number of ether oxygens (including phenoxy) is 2. The van der Waals surface area contributed by atoms with Crippen molar-refractivity contribution in [1.82, 2.24) is 0 Å². The molecular formula is C23H36O2. The molecule has 1 aromatic rings. The van der Waals surface area contributed by atoms with E-state index in [1.165, 1.54) is 56.1 Å².